The minimum Gasteiger partial charge on any atom is -0.472 e. The van der Waals surface area contributed by atoms with Gasteiger partial charge in [0.1, 0.15) is 6.10 Å². The second-order valence-corrected chi connectivity index (χ2v) is 7.70. The summed E-state index contributed by atoms with van der Waals surface area (Å²) in [7, 11) is -3.59. The van der Waals surface area contributed by atoms with Crippen LogP contribution in [-0.4, -0.2) is 36.9 Å². The quantitative estimate of drug-likeness (QED) is 0.828. The van der Waals surface area contributed by atoms with Crippen molar-refractivity contribution in [3.8, 4) is 5.88 Å². The Morgan fingerprint density at radius 3 is 2.28 bits per heavy atom. The van der Waals surface area contributed by atoms with Crippen molar-refractivity contribution in [3.05, 3.63) is 53.7 Å². The molecule has 1 aliphatic rings. The van der Waals surface area contributed by atoms with Crippen LogP contribution in [0.2, 0.25) is 0 Å². The average molecular weight is 372 g/mol. The summed E-state index contributed by atoms with van der Waals surface area (Å²) in [5.74, 6) is 0.0328. The molecule has 0 N–H and O–H groups in total. The van der Waals surface area contributed by atoms with Gasteiger partial charge >= 0.3 is 6.18 Å². The highest BCUT2D eigenvalue weighted by molar-refractivity contribution is 7.89. The van der Waals surface area contributed by atoms with Gasteiger partial charge in [0.25, 0.3) is 0 Å². The van der Waals surface area contributed by atoms with E-state index in [0.29, 0.717) is 6.20 Å². The van der Waals surface area contributed by atoms with Crippen molar-refractivity contribution in [2.24, 2.45) is 0 Å². The molecule has 134 valence electrons. The lowest BCUT2D eigenvalue weighted by Gasteiger charge is -2.37. The van der Waals surface area contributed by atoms with Gasteiger partial charge in [-0.3, -0.25) is 0 Å². The number of pyridine rings is 1. The van der Waals surface area contributed by atoms with Gasteiger partial charge in [-0.2, -0.15) is 17.5 Å². The molecule has 2 aromatic rings. The van der Waals surface area contributed by atoms with E-state index < -0.39 is 27.9 Å². The van der Waals surface area contributed by atoms with Gasteiger partial charge in [-0.25, -0.2) is 13.4 Å². The van der Waals surface area contributed by atoms with Crippen LogP contribution in [0.1, 0.15) is 11.1 Å². The van der Waals surface area contributed by atoms with Gasteiger partial charge in [-0.05, 0) is 25.1 Å². The number of halogens is 3. The van der Waals surface area contributed by atoms with Gasteiger partial charge in [0, 0.05) is 12.3 Å². The highest BCUT2D eigenvalue weighted by Crippen LogP contribution is 2.30. The highest BCUT2D eigenvalue weighted by atomic mass is 32.2. The summed E-state index contributed by atoms with van der Waals surface area (Å²) < 4.78 is 68.9. The molecular formula is C16H15F3N2O3S. The molecule has 9 heteroatoms. The van der Waals surface area contributed by atoms with Crippen LogP contribution in [-0.2, 0) is 16.2 Å². The zero-order valence-corrected chi connectivity index (χ0v) is 14.0. The van der Waals surface area contributed by atoms with E-state index in [-0.39, 0.29) is 23.9 Å². The maximum atomic E-state index is 12.5. The van der Waals surface area contributed by atoms with Crippen molar-refractivity contribution in [1.82, 2.24) is 9.29 Å². The molecule has 0 aliphatic carbocycles. The molecule has 2 heterocycles. The Hall–Kier alpha value is -2.13. The summed E-state index contributed by atoms with van der Waals surface area (Å²) in [5, 5.41) is 0. The number of benzene rings is 1. The maximum Gasteiger partial charge on any atom is 0.417 e. The van der Waals surface area contributed by atoms with Crippen LogP contribution in [0.3, 0.4) is 0 Å². The number of nitrogens with zero attached hydrogens (tertiary/aromatic N) is 2. The predicted molar refractivity (Wildman–Crippen MR) is 83.6 cm³/mol. The largest absolute Gasteiger partial charge is 0.472 e. The smallest absolute Gasteiger partial charge is 0.417 e. The SMILES string of the molecule is Cc1ccc(S(=O)(=O)N2CC(Oc3ccc(C(F)(F)F)cn3)C2)cc1. The number of alkyl halides is 3. The number of aryl methyl sites for hydroxylation is 1. The molecule has 0 unspecified atom stereocenters. The van der Waals surface area contributed by atoms with E-state index >= 15 is 0 Å². The predicted octanol–water partition coefficient (Wildman–Crippen LogP) is 2.86. The number of hydrogen-bond acceptors (Lipinski definition) is 4. The van der Waals surface area contributed by atoms with Crippen LogP contribution in [0, 0.1) is 6.92 Å². The standard InChI is InChI=1S/C16H15F3N2O3S/c1-11-2-5-14(6-3-11)25(22,23)21-9-13(10-21)24-15-7-4-12(8-20-15)16(17,18)19/h2-8,13H,9-10H2,1H3. The molecule has 1 saturated heterocycles. The van der Waals surface area contributed by atoms with Gasteiger partial charge < -0.3 is 4.74 Å². The van der Waals surface area contributed by atoms with Crippen molar-refractivity contribution in [3.63, 3.8) is 0 Å². The third-order valence-corrected chi connectivity index (χ3v) is 5.67. The summed E-state index contributed by atoms with van der Waals surface area (Å²) in [6.07, 6.45) is -4.21. The number of sulfonamides is 1. The lowest BCUT2D eigenvalue weighted by Crippen LogP contribution is -2.56. The summed E-state index contributed by atoms with van der Waals surface area (Å²) in [6, 6.07) is 8.51. The number of aromatic nitrogens is 1. The van der Waals surface area contributed by atoms with Crippen LogP contribution >= 0.6 is 0 Å². The van der Waals surface area contributed by atoms with E-state index in [1.165, 1.54) is 16.4 Å². The van der Waals surface area contributed by atoms with Crippen LogP contribution in [0.15, 0.2) is 47.5 Å². The molecule has 0 radical (unpaired) electrons. The highest BCUT2D eigenvalue weighted by Gasteiger charge is 2.38. The first kappa shape index (κ1) is 17.7. The van der Waals surface area contributed by atoms with Crippen LogP contribution in [0.25, 0.3) is 0 Å². The Balaban J connectivity index is 1.60. The lowest BCUT2D eigenvalue weighted by molar-refractivity contribution is -0.137. The van der Waals surface area contributed by atoms with Crippen LogP contribution in [0.4, 0.5) is 13.2 Å². The third-order valence-electron chi connectivity index (χ3n) is 3.82. The topological polar surface area (TPSA) is 59.5 Å². The fourth-order valence-electron chi connectivity index (χ4n) is 2.32. The van der Waals surface area contributed by atoms with E-state index in [1.807, 2.05) is 6.92 Å². The molecule has 1 aromatic heterocycles. The molecule has 1 aromatic carbocycles. The monoisotopic (exact) mass is 372 g/mol. The van der Waals surface area contributed by atoms with Gasteiger partial charge in [0.2, 0.25) is 15.9 Å². The Morgan fingerprint density at radius 1 is 1.12 bits per heavy atom. The summed E-state index contributed by atoms with van der Waals surface area (Å²) in [4.78, 5) is 3.81. The molecule has 5 nitrogen and oxygen atoms in total. The number of rotatable bonds is 4. The van der Waals surface area contributed by atoms with Crippen molar-refractivity contribution in [2.45, 2.75) is 24.1 Å². The second-order valence-electron chi connectivity index (χ2n) is 5.76. The van der Waals surface area contributed by atoms with E-state index in [0.717, 1.165) is 17.7 Å². The molecule has 0 saturated carbocycles. The normalized spacial score (nSPS) is 16.5. The Morgan fingerprint density at radius 2 is 1.76 bits per heavy atom. The minimum absolute atomic E-state index is 0.0328. The molecule has 0 amide bonds. The maximum absolute atomic E-state index is 12.5. The van der Waals surface area contributed by atoms with E-state index in [1.54, 1.807) is 12.1 Å². The van der Waals surface area contributed by atoms with Gasteiger partial charge in [0.05, 0.1) is 23.5 Å². The fourth-order valence-corrected chi connectivity index (χ4v) is 3.82. The van der Waals surface area contributed by atoms with E-state index in [4.69, 9.17) is 4.74 Å². The zero-order chi connectivity index (χ0) is 18.2. The number of ether oxygens (including phenoxy) is 1. The van der Waals surface area contributed by atoms with Crippen molar-refractivity contribution >= 4 is 10.0 Å². The molecular weight excluding hydrogens is 357 g/mol. The average Bonchev–Trinajstić information content (AvgIpc) is 2.50. The van der Waals surface area contributed by atoms with Gasteiger partial charge in [-0.15, -0.1) is 0 Å². The lowest BCUT2D eigenvalue weighted by atomic mass is 10.2. The summed E-state index contributed by atoms with van der Waals surface area (Å²) in [6.45, 7) is 2.11. The molecule has 0 bridgehead atoms. The molecule has 25 heavy (non-hydrogen) atoms. The first-order valence-electron chi connectivity index (χ1n) is 7.43. The molecule has 1 fully saturated rings. The Kier molecular flexibility index (Phi) is 4.46. The van der Waals surface area contributed by atoms with Crippen molar-refractivity contribution < 1.29 is 26.3 Å². The molecule has 3 rings (SSSR count). The second kappa shape index (κ2) is 6.30. The minimum atomic E-state index is -4.46. The molecule has 1 aliphatic heterocycles. The molecule has 0 spiro atoms. The van der Waals surface area contributed by atoms with Crippen molar-refractivity contribution in [1.29, 1.82) is 0 Å². The third kappa shape index (κ3) is 3.77. The first-order valence-corrected chi connectivity index (χ1v) is 8.87. The first-order chi connectivity index (χ1) is 11.7. The van der Waals surface area contributed by atoms with Gasteiger partial charge in [0.15, 0.2) is 0 Å². The number of hydrogen-bond donors (Lipinski definition) is 0. The Bertz CT molecular complexity index is 844. The molecule has 0 atom stereocenters. The fraction of sp³-hybridized carbons (Fsp3) is 0.312. The zero-order valence-electron chi connectivity index (χ0n) is 13.2. The van der Waals surface area contributed by atoms with Crippen LogP contribution in [0.5, 0.6) is 5.88 Å². The van der Waals surface area contributed by atoms with Crippen molar-refractivity contribution in [2.75, 3.05) is 13.1 Å². The Labute approximate surface area is 143 Å². The van der Waals surface area contributed by atoms with Gasteiger partial charge in [-0.1, -0.05) is 17.7 Å². The van der Waals surface area contributed by atoms with Crippen LogP contribution < -0.4 is 4.74 Å². The van der Waals surface area contributed by atoms with E-state index in [2.05, 4.69) is 4.98 Å². The summed E-state index contributed by atoms with van der Waals surface area (Å²) >= 11 is 0. The summed E-state index contributed by atoms with van der Waals surface area (Å²) in [5.41, 5.74) is 0.0918. The van der Waals surface area contributed by atoms with E-state index in [9.17, 15) is 21.6 Å².